The van der Waals surface area contributed by atoms with E-state index in [4.69, 9.17) is 4.42 Å². The second kappa shape index (κ2) is 2.95. The van der Waals surface area contributed by atoms with Gasteiger partial charge < -0.3 is 4.42 Å². The quantitative estimate of drug-likeness (QED) is 0.517. The van der Waals surface area contributed by atoms with E-state index in [1.54, 1.807) is 0 Å². The summed E-state index contributed by atoms with van der Waals surface area (Å²) in [5, 5.41) is 4.16. The Morgan fingerprint density at radius 2 is 1.47 bits per heavy atom. The molecule has 15 heavy (non-hydrogen) atoms. The van der Waals surface area contributed by atoms with Crippen molar-refractivity contribution in [2.24, 2.45) is 0 Å². The van der Waals surface area contributed by atoms with Crippen LogP contribution in [-0.2, 0) is 0 Å². The molecule has 1 heterocycles. The predicted molar refractivity (Wildman–Crippen MR) is 60.0 cm³/mol. The summed E-state index contributed by atoms with van der Waals surface area (Å²) in [4.78, 5) is 11.1. The second-order valence-corrected chi connectivity index (χ2v) is 3.53. The van der Waals surface area contributed by atoms with Crippen LogP contribution in [0.5, 0.6) is 0 Å². The number of rotatable bonds is 0. The van der Waals surface area contributed by atoms with E-state index >= 15 is 0 Å². The molecule has 0 amide bonds. The highest BCUT2D eigenvalue weighted by Crippen LogP contribution is 2.21. The average molecular weight is 196 g/mol. The second-order valence-electron chi connectivity index (χ2n) is 3.53. The summed E-state index contributed by atoms with van der Waals surface area (Å²) in [6.45, 7) is 0. The van der Waals surface area contributed by atoms with E-state index in [0.717, 1.165) is 21.5 Å². The number of hydrogen-bond donors (Lipinski definition) is 0. The molecular formula is C13H8O2. The van der Waals surface area contributed by atoms with Gasteiger partial charge >= 0.3 is 5.63 Å². The Labute approximate surface area is 85.8 Å². The Morgan fingerprint density at radius 1 is 0.800 bits per heavy atom. The van der Waals surface area contributed by atoms with Crippen LogP contribution in [0.1, 0.15) is 0 Å². The molecule has 0 atom stereocenters. The first kappa shape index (κ1) is 8.24. The van der Waals surface area contributed by atoms with Gasteiger partial charge in [0.1, 0.15) is 6.26 Å². The Balaban J connectivity index is 2.53. The van der Waals surface area contributed by atoms with Crippen molar-refractivity contribution in [2.45, 2.75) is 0 Å². The van der Waals surface area contributed by atoms with Crippen molar-refractivity contribution in [1.82, 2.24) is 0 Å². The van der Waals surface area contributed by atoms with Crippen molar-refractivity contribution in [3.63, 3.8) is 0 Å². The summed E-state index contributed by atoms with van der Waals surface area (Å²) >= 11 is 0. The third-order valence-electron chi connectivity index (χ3n) is 2.53. The smallest absolute Gasteiger partial charge is 0.336 e. The van der Waals surface area contributed by atoms with Gasteiger partial charge in [0.2, 0.25) is 0 Å². The van der Waals surface area contributed by atoms with Crippen molar-refractivity contribution in [3.8, 4) is 0 Å². The maximum Gasteiger partial charge on any atom is 0.336 e. The molecule has 2 heteroatoms. The van der Waals surface area contributed by atoms with Gasteiger partial charge in [-0.25, -0.2) is 4.79 Å². The van der Waals surface area contributed by atoms with Crippen LogP contribution in [0.25, 0.3) is 21.5 Å². The normalized spacial score (nSPS) is 10.9. The van der Waals surface area contributed by atoms with Crippen LogP contribution in [0.4, 0.5) is 0 Å². The van der Waals surface area contributed by atoms with E-state index in [2.05, 4.69) is 0 Å². The molecule has 0 bridgehead atoms. The lowest BCUT2D eigenvalue weighted by molar-refractivity contribution is 0.518. The van der Waals surface area contributed by atoms with E-state index in [1.165, 1.54) is 12.3 Å². The molecule has 0 radical (unpaired) electrons. The molecule has 0 saturated carbocycles. The maximum absolute atomic E-state index is 11.1. The highest BCUT2D eigenvalue weighted by molar-refractivity contribution is 5.97. The van der Waals surface area contributed by atoms with Gasteiger partial charge in [0.05, 0.1) is 0 Å². The van der Waals surface area contributed by atoms with Gasteiger partial charge in [-0.05, 0) is 28.3 Å². The molecule has 0 spiro atoms. The molecule has 1 aromatic heterocycles. The largest absolute Gasteiger partial charge is 0.431 e. The van der Waals surface area contributed by atoms with Crippen LogP contribution < -0.4 is 5.63 Å². The SMILES string of the molecule is O=c1cc2cc3ccccc3cc2co1. The van der Waals surface area contributed by atoms with E-state index in [0.29, 0.717) is 0 Å². The molecular weight excluding hydrogens is 188 g/mol. The fourth-order valence-electron chi connectivity index (χ4n) is 1.79. The zero-order valence-electron chi connectivity index (χ0n) is 7.94. The molecule has 0 unspecified atom stereocenters. The maximum atomic E-state index is 11.1. The summed E-state index contributed by atoms with van der Waals surface area (Å²) in [5.74, 6) is 0. The zero-order valence-corrected chi connectivity index (χ0v) is 7.94. The molecule has 2 nitrogen and oxygen atoms in total. The van der Waals surface area contributed by atoms with Crippen LogP contribution in [0, 0.1) is 0 Å². The van der Waals surface area contributed by atoms with Crippen molar-refractivity contribution >= 4 is 21.5 Å². The Hall–Kier alpha value is -2.09. The van der Waals surface area contributed by atoms with E-state index in [9.17, 15) is 4.79 Å². The first-order valence-electron chi connectivity index (χ1n) is 4.74. The summed E-state index contributed by atoms with van der Waals surface area (Å²) < 4.78 is 4.83. The van der Waals surface area contributed by atoms with Crippen molar-refractivity contribution < 1.29 is 4.42 Å². The summed E-state index contributed by atoms with van der Waals surface area (Å²) in [5.41, 5.74) is -0.308. The summed E-state index contributed by atoms with van der Waals surface area (Å²) in [6.07, 6.45) is 1.50. The van der Waals surface area contributed by atoms with Crippen LogP contribution in [-0.4, -0.2) is 0 Å². The molecule has 0 aliphatic carbocycles. The standard InChI is InChI=1S/C13H8O2/c14-13-7-11-5-9-3-1-2-4-10(9)6-12(11)8-15-13/h1-8H. The molecule has 0 aliphatic heterocycles. The molecule has 0 fully saturated rings. The monoisotopic (exact) mass is 196 g/mol. The van der Waals surface area contributed by atoms with Gasteiger partial charge in [0.25, 0.3) is 0 Å². The first-order valence-corrected chi connectivity index (χ1v) is 4.74. The lowest BCUT2D eigenvalue weighted by Crippen LogP contribution is -1.93. The average Bonchev–Trinajstić information content (AvgIpc) is 2.26. The molecule has 3 aromatic rings. The third kappa shape index (κ3) is 1.31. The molecule has 0 aliphatic rings. The van der Waals surface area contributed by atoms with Crippen molar-refractivity contribution in [2.75, 3.05) is 0 Å². The van der Waals surface area contributed by atoms with Gasteiger partial charge in [-0.15, -0.1) is 0 Å². The minimum atomic E-state index is -0.308. The highest BCUT2D eigenvalue weighted by Gasteiger charge is 1.98. The minimum absolute atomic E-state index is 0.308. The van der Waals surface area contributed by atoms with E-state index in [-0.39, 0.29) is 5.63 Å². The summed E-state index contributed by atoms with van der Waals surface area (Å²) in [7, 11) is 0. The Bertz CT molecular complexity index is 695. The van der Waals surface area contributed by atoms with Crippen LogP contribution in [0.3, 0.4) is 0 Å². The van der Waals surface area contributed by atoms with Gasteiger partial charge in [-0.3, -0.25) is 0 Å². The fraction of sp³-hybridized carbons (Fsp3) is 0. The minimum Gasteiger partial charge on any atom is -0.431 e. The van der Waals surface area contributed by atoms with Crippen LogP contribution in [0.15, 0.2) is 57.9 Å². The zero-order chi connectivity index (χ0) is 10.3. The third-order valence-corrected chi connectivity index (χ3v) is 2.53. The molecule has 72 valence electrons. The van der Waals surface area contributed by atoms with Crippen LogP contribution >= 0.6 is 0 Å². The van der Waals surface area contributed by atoms with E-state index in [1.807, 2.05) is 36.4 Å². The molecule has 0 saturated heterocycles. The predicted octanol–water partition coefficient (Wildman–Crippen LogP) is 2.95. The van der Waals surface area contributed by atoms with Gasteiger partial charge in [0.15, 0.2) is 0 Å². The fourth-order valence-corrected chi connectivity index (χ4v) is 1.79. The van der Waals surface area contributed by atoms with Crippen molar-refractivity contribution in [3.05, 3.63) is 59.1 Å². The highest BCUT2D eigenvalue weighted by atomic mass is 16.4. The lowest BCUT2D eigenvalue weighted by Gasteiger charge is -2.00. The van der Waals surface area contributed by atoms with Crippen LogP contribution in [0.2, 0.25) is 0 Å². The lowest BCUT2D eigenvalue weighted by atomic mass is 10.1. The Kier molecular flexibility index (Phi) is 1.62. The van der Waals surface area contributed by atoms with Crippen molar-refractivity contribution in [1.29, 1.82) is 0 Å². The van der Waals surface area contributed by atoms with E-state index < -0.39 is 0 Å². The van der Waals surface area contributed by atoms with Gasteiger partial charge in [0, 0.05) is 11.5 Å². The van der Waals surface area contributed by atoms with Gasteiger partial charge in [-0.1, -0.05) is 24.3 Å². The number of hydrogen-bond acceptors (Lipinski definition) is 2. The first-order chi connectivity index (χ1) is 7.33. The molecule has 3 rings (SSSR count). The molecule has 0 N–H and O–H groups in total. The van der Waals surface area contributed by atoms with Gasteiger partial charge in [-0.2, -0.15) is 0 Å². The number of benzene rings is 2. The topological polar surface area (TPSA) is 30.2 Å². The Morgan fingerprint density at radius 3 is 2.20 bits per heavy atom. The molecule has 2 aromatic carbocycles. The number of fused-ring (bicyclic) bond motifs is 2. The summed E-state index contributed by atoms with van der Waals surface area (Å²) in [6, 6.07) is 13.6.